The van der Waals surface area contributed by atoms with Gasteiger partial charge in [0.2, 0.25) is 5.88 Å². The number of methoxy groups -OCH3 is 2. The quantitative estimate of drug-likeness (QED) is 0.647. The van der Waals surface area contributed by atoms with Crippen molar-refractivity contribution in [3.05, 3.63) is 51.3 Å². The van der Waals surface area contributed by atoms with Gasteiger partial charge in [0.25, 0.3) is 0 Å². The molecule has 1 heterocycles. The number of nitrogens with zero attached hydrogens (tertiary/aromatic N) is 2. The molecular formula is C17H15BrN2O4. The fourth-order valence-electron chi connectivity index (χ4n) is 2.71. The molecule has 0 radical (unpaired) electrons. The van der Waals surface area contributed by atoms with Gasteiger partial charge in [-0.15, -0.1) is 4.91 Å². The molecule has 0 amide bonds. The second kappa shape index (κ2) is 6.52. The van der Waals surface area contributed by atoms with E-state index in [9.17, 15) is 10.0 Å². The van der Waals surface area contributed by atoms with Crippen LogP contribution >= 0.6 is 15.9 Å². The van der Waals surface area contributed by atoms with E-state index in [1.807, 2.05) is 24.3 Å². The molecule has 24 heavy (non-hydrogen) atoms. The SMILES string of the molecule is COc1ccc(Cn2c(O)c(N=O)c3cc(Br)ccc32)cc1OC. The van der Waals surface area contributed by atoms with Gasteiger partial charge in [0.15, 0.2) is 17.2 Å². The standard InChI is InChI=1S/C17H15BrN2O4/c1-23-14-6-3-10(7-15(14)24-2)9-20-13-5-4-11(18)8-12(13)16(19-22)17(20)21/h3-8,21H,9H2,1-2H3. The molecule has 2 aromatic carbocycles. The van der Waals surface area contributed by atoms with Crippen LogP contribution in [0.15, 0.2) is 46.0 Å². The molecule has 0 saturated carbocycles. The van der Waals surface area contributed by atoms with Crippen molar-refractivity contribution in [3.63, 3.8) is 0 Å². The molecule has 0 fully saturated rings. The molecule has 1 N–H and O–H groups in total. The third-order valence-electron chi connectivity index (χ3n) is 3.85. The molecule has 124 valence electrons. The zero-order valence-electron chi connectivity index (χ0n) is 13.1. The molecule has 0 atom stereocenters. The van der Waals surface area contributed by atoms with E-state index in [2.05, 4.69) is 21.1 Å². The first-order valence-electron chi connectivity index (χ1n) is 7.14. The van der Waals surface area contributed by atoms with Gasteiger partial charge in [-0.3, -0.25) is 0 Å². The van der Waals surface area contributed by atoms with Crippen LogP contribution in [0, 0.1) is 4.91 Å². The molecule has 0 aliphatic carbocycles. The van der Waals surface area contributed by atoms with Gasteiger partial charge in [-0.2, -0.15) is 0 Å². The number of rotatable bonds is 5. The minimum absolute atomic E-state index is 0.0341. The molecule has 7 heteroatoms. The molecule has 3 aromatic rings. The van der Waals surface area contributed by atoms with E-state index < -0.39 is 0 Å². The molecule has 0 saturated heterocycles. The summed E-state index contributed by atoms with van der Waals surface area (Å²) < 4.78 is 13.0. The molecule has 0 bridgehead atoms. The van der Waals surface area contributed by atoms with Gasteiger partial charge in [0.05, 0.1) is 26.3 Å². The van der Waals surface area contributed by atoms with E-state index in [1.165, 1.54) is 0 Å². The van der Waals surface area contributed by atoms with E-state index in [1.54, 1.807) is 30.9 Å². The Hall–Kier alpha value is -2.54. The first-order chi connectivity index (χ1) is 11.6. The molecule has 6 nitrogen and oxygen atoms in total. The van der Waals surface area contributed by atoms with Gasteiger partial charge in [0, 0.05) is 9.86 Å². The summed E-state index contributed by atoms with van der Waals surface area (Å²) in [6.07, 6.45) is 0. The smallest absolute Gasteiger partial charge is 0.222 e. The molecule has 0 aliphatic rings. The second-order valence-electron chi connectivity index (χ2n) is 5.20. The Kier molecular flexibility index (Phi) is 4.44. The van der Waals surface area contributed by atoms with Crippen LogP contribution in [-0.4, -0.2) is 23.9 Å². The lowest BCUT2D eigenvalue weighted by Gasteiger charge is -2.11. The van der Waals surface area contributed by atoms with Gasteiger partial charge in [-0.05, 0) is 41.1 Å². The highest BCUT2D eigenvalue weighted by atomic mass is 79.9. The van der Waals surface area contributed by atoms with Gasteiger partial charge >= 0.3 is 0 Å². The minimum atomic E-state index is -0.159. The number of hydrogen-bond acceptors (Lipinski definition) is 5. The van der Waals surface area contributed by atoms with E-state index in [-0.39, 0.29) is 11.6 Å². The van der Waals surface area contributed by atoms with Crippen molar-refractivity contribution in [2.75, 3.05) is 14.2 Å². The maximum Gasteiger partial charge on any atom is 0.222 e. The van der Waals surface area contributed by atoms with Crippen LogP contribution < -0.4 is 9.47 Å². The fourth-order valence-corrected chi connectivity index (χ4v) is 3.07. The Morgan fingerprint density at radius 3 is 2.54 bits per heavy atom. The Balaban J connectivity index is 2.10. The number of aromatic hydroxyl groups is 1. The van der Waals surface area contributed by atoms with Gasteiger partial charge in [-0.25, -0.2) is 0 Å². The number of fused-ring (bicyclic) bond motifs is 1. The van der Waals surface area contributed by atoms with Crippen LogP contribution in [0.2, 0.25) is 0 Å². The normalized spacial score (nSPS) is 10.8. The summed E-state index contributed by atoms with van der Waals surface area (Å²) in [5.74, 6) is 1.07. The van der Waals surface area contributed by atoms with Gasteiger partial charge in [0.1, 0.15) is 0 Å². The molecular weight excluding hydrogens is 376 g/mol. The number of hydrogen-bond donors (Lipinski definition) is 1. The molecule has 0 aliphatic heterocycles. The van der Waals surface area contributed by atoms with Crippen LogP contribution in [0.3, 0.4) is 0 Å². The predicted octanol–water partition coefficient (Wildman–Crippen LogP) is 4.57. The maximum absolute atomic E-state index is 11.1. The van der Waals surface area contributed by atoms with Crippen molar-refractivity contribution in [1.82, 2.24) is 4.57 Å². The van der Waals surface area contributed by atoms with Crippen molar-refractivity contribution in [1.29, 1.82) is 0 Å². The second-order valence-corrected chi connectivity index (χ2v) is 6.12. The molecule has 0 spiro atoms. The van der Waals surface area contributed by atoms with E-state index in [0.717, 1.165) is 15.6 Å². The summed E-state index contributed by atoms with van der Waals surface area (Å²) in [6, 6.07) is 10.9. The largest absolute Gasteiger partial charge is 0.493 e. The summed E-state index contributed by atoms with van der Waals surface area (Å²) in [7, 11) is 3.14. The van der Waals surface area contributed by atoms with Crippen LogP contribution in [0.1, 0.15) is 5.56 Å². The number of benzene rings is 2. The Morgan fingerprint density at radius 1 is 1.12 bits per heavy atom. The maximum atomic E-state index is 11.1. The van der Waals surface area contributed by atoms with Crippen LogP contribution in [0.5, 0.6) is 17.4 Å². The van der Waals surface area contributed by atoms with Crippen molar-refractivity contribution < 1.29 is 14.6 Å². The topological polar surface area (TPSA) is 73.0 Å². The summed E-state index contributed by atoms with van der Waals surface area (Å²) in [6.45, 7) is 0.361. The highest BCUT2D eigenvalue weighted by molar-refractivity contribution is 9.10. The zero-order valence-corrected chi connectivity index (χ0v) is 14.7. The molecule has 3 rings (SSSR count). The Bertz CT molecular complexity index is 921. The minimum Gasteiger partial charge on any atom is -0.493 e. The summed E-state index contributed by atoms with van der Waals surface area (Å²) >= 11 is 3.37. The van der Waals surface area contributed by atoms with Crippen molar-refractivity contribution in [2.45, 2.75) is 6.54 Å². The average molecular weight is 391 g/mol. The van der Waals surface area contributed by atoms with Crippen LogP contribution in [0.25, 0.3) is 10.9 Å². The third-order valence-corrected chi connectivity index (χ3v) is 4.35. The van der Waals surface area contributed by atoms with Crippen LogP contribution in [0.4, 0.5) is 5.69 Å². The Morgan fingerprint density at radius 2 is 1.88 bits per heavy atom. The monoisotopic (exact) mass is 390 g/mol. The number of halogens is 1. The first-order valence-corrected chi connectivity index (χ1v) is 7.93. The molecule has 1 aromatic heterocycles. The Labute approximate surface area is 146 Å². The van der Waals surface area contributed by atoms with Crippen LogP contribution in [-0.2, 0) is 6.54 Å². The number of nitroso groups, excluding NO2 is 1. The predicted molar refractivity (Wildman–Crippen MR) is 95.4 cm³/mol. The van der Waals surface area contributed by atoms with Gasteiger partial charge in [-0.1, -0.05) is 22.0 Å². The zero-order chi connectivity index (χ0) is 17.3. The van der Waals surface area contributed by atoms with E-state index in [0.29, 0.717) is 23.4 Å². The summed E-state index contributed by atoms with van der Waals surface area (Å²) in [4.78, 5) is 11.1. The number of ether oxygens (including phenoxy) is 2. The highest BCUT2D eigenvalue weighted by Gasteiger charge is 2.18. The molecule has 0 unspecified atom stereocenters. The lowest BCUT2D eigenvalue weighted by Crippen LogP contribution is -2.00. The fraction of sp³-hybridized carbons (Fsp3) is 0.176. The highest BCUT2D eigenvalue weighted by Crippen LogP contribution is 2.40. The first kappa shape index (κ1) is 16.3. The van der Waals surface area contributed by atoms with E-state index >= 15 is 0 Å². The van der Waals surface area contributed by atoms with E-state index in [4.69, 9.17) is 9.47 Å². The van der Waals surface area contributed by atoms with Crippen molar-refractivity contribution in [2.24, 2.45) is 5.18 Å². The summed E-state index contributed by atoms with van der Waals surface area (Å²) in [5.41, 5.74) is 1.65. The van der Waals surface area contributed by atoms with Gasteiger partial charge < -0.3 is 19.1 Å². The summed E-state index contributed by atoms with van der Waals surface area (Å²) in [5, 5.41) is 14.0. The third kappa shape index (κ3) is 2.71. The average Bonchev–Trinajstić information content (AvgIpc) is 2.85. The number of aromatic nitrogens is 1. The van der Waals surface area contributed by atoms with Crippen molar-refractivity contribution >= 4 is 32.5 Å². The lowest BCUT2D eigenvalue weighted by molar-refractivity contribution is 0.354. The lowest BCUT2D eigenvalue weighted by atomic mass is 10.2. The van der Waals surface area contributed by atoms with Crippen molar-refractivity contribution in [3.8, 4) is 17.4 Å².